The van der Waals surface area contributed by atoms with E-state index in [1.54, 1.807) is 6.92 Å². The standard InChI is InChI=1S/C30H34N4O/c1-19(14-28-22(4)32-11-8-27(28)25-6-7-29(31)33-17-25)18-34-12-9-24(10-13-34)30-20(2)15-26(23(5)35)16-21(30)3/h6-9,11,14-17H,10,12-13,18H2,1-5H3,(H2,31,33)/b19-14+. The van der Waals surface area contributed by atoms with Gasteiger partial charge in [0.25, 0.3) is 0 Å². The number of hydrogen-bond acceptors (Lipinski definition) is 5. The number of Topliss-reactive ketones (excluding diaryl/α,β-unsaturated/α-hetero) is 1. The largest absolute Gasteiger partial charge is 0.384 e. The highest BCUT2D eigenvalue weighted by atomic mass is 16.1. The van der Waals surface area contributed by atoms with E-state index in [4.69, 9.17) is 5.73 Å². The van der Waals surface area contributed by atoms with Crippen molar-refractivity contribution in [2.75, 3.05) is 25.4 Å². The summed E-state index contributed by atoms with van der Waals surface area (Å²) < 4.78 is 0. The van der Waals surface area contributed by atoms with Crippen LogP contribution in [0.25, 0.3) is 22.8 Å². The van der Waals surface area contributed by atoms with Gasteiger partial charge < -0.3 is 5.73 Å². The topological polar surface area (TPSA) is 72.1 Å². The van der Waals surface area contributed by atoms with Gasteiger partial charge in [-0.05, 0) is 99.2 Å². The molecule has 5 heteroatoms. The van der Waals surface area contributed by atoms with Gasteiger partial charge in [-0.15, -0.1) is 0 Å². The number of aromatic nitrogens is 2. The van der Waals surface area contributed by atoms with Crippen molar-refractivity contribution in [1.82, 2.24) is 14.9 Å². The van der Waals surface area contributed by atoms with Crippen LogP contribution >= 0.6 is 0 Å². The van der Waals surface area contributed by atoms with E-state index in [1.165, 1.54) is 27.8 Å². The first-order valence-electron chi connectivity index (χ1n) is 12.1. The van der Waals surface area contributed by atoms with Gasteiger partial charge in [-0.25, -0.2) is 4.98 Å². The molecule has 2 N–H and O–H groups in total. The smallest absolute Gasteiger partial charge is 0.159 e. The van der Waals surface area contributed by atoms with Gasteiger partial charge in [0.2, 0.25) is 0 Å². The van der Waals surface area contributed by atoms with Gasteiger partial charge in [0.05, 0.1) is 0 Å². The quantitative estimate of drug-likeness (QED) is 0.448. The molecule has 3 aromatic rings. The third-order valence-corrected chi connectivity index (χ3v) is 6.70. The summed E-state index contributed by atoms with van der Waals surface area (Å²) >= 11 is 0. The van der Waals surface area contributed by atoms with E-state index in [9.17, 15) is 4.79 Å². The van der Waals surface area contributed by atoms with Crippen LogP contribution in [0.1, 0.15) is 58.6 Å². The average Bonchev–Trinajstić information content (AvgIpc) is 2.81. The highest BCUT2D eigenvalue weighted by Crippen LogP contribution is 2.30. The summed E-state index contributed by atoms with van der Waals surface area (Å²) in [6.45, 7) is 12.9. The van der Waals surface area contributed by atoms with Crippen molar-refractivity contribution in [3.8, 4) is 11.1 Å². The lowest BCUT2D eigenvalue weighted by molar-refractivity contribution is 0.101. The number of nitrogens with two attached hydrogens (primary N) is 1. The van der Waals surface area contributed by atoms with Gasteiger partial charge in [0.15, 0.2) is 5.78 Å². The Morgan fingerprint density at radius 2 is 1.83 bits per heavy atom. The summed E-state index contributed by atoms with van der Waals surface area (Å²) in [4.78, 5) is 23.1. The lowest BCUT2D eigenvalue weighted by atomic mass is 9.89. The van der Waals surface area contributed by atoms with Crippen LogP contribution in [-0.4, -0.2) is 40.3 Å². The molecule has 180 valence electrons. The first-order valence-corrected chi connectivity index (χ1v) is 12.1. The molecule has 5 nitrogen and oxygen atoms in total. The number of aryl methyl sites for hydroxylation is 3. The second kappa shape index (κ2) is 10.4. The number of ketones is 1. The molecular weight excluding hydrogens is 432 g/mol. The molecule has 0 aliphatic carbocycles. The molecule has 0 fully saturated rings. The van der Waals surface area contributed by atoms with E-state index in [2.05, 4.69) is 47.8 Å². The average molecular weight is 467 g/mol. The second-order valence-electron chi connectivity index (χ2n) is 9.58. The Balaban J connectivity index is 1.51. The Morgan fingerprint density at radius 1 is 1.09 bits per heavy atom. The van der Waals surface area contributed by atoms with Crippen molar-refractivity contribution >= 4 is 23.3 Å². The molecule has 0 amide bonds. The summed E-state index contributed by atoms with van der Waals surface area (Å²) in [5.41, 5.74) is 17.2. The van der Waals surface area contributed by atoms with Gasteiger partial charge in [-0.1, -0.05) is 17.7 Å². The second-order valence-corrected chi connectivity index (χ2v) is 9.58. The molecule has 0 atom stereocenters. The van der Waals surface area contributed by atoms with Crippen LogP contribution in [0.15, 0.2) is 54.4 Å². The first kappa shape index (κ1) is 24.6. The van der Waals surface area contributed by atoms with E-state index < -0.39 is 0 Å². The highest BCUT2D eigenvalue weighted by molar-refractivity contribution is 5.95. The molecule has 1 aromatic carbocycles. The van der Waals surface area contributed by atoms with Crippen LogP contribution in [-0.2, 0) is 0 Å². The molecule has 3 heterocycles. The number of rotatable bonds is 6. The minimum absolute atomic E-state index is 0.119. The number of benzene rings is 1. The van der Waals surface area contributed by atoms with E-state index >= 15 is 0 Å². The van der Waals surface area contributed by atoms with Crippen LogP contribution in [0.3, 0.4) is 0 Å². The van der Waals surface area contributed by atoms with Gasteiger partial charge in [0, 0.05) is 54.4 Å². The van der Waals surface area contributed by atoms with E-state index in [0.717, 1.165) is 54.0 Å². The van der Waals surface area contributed by atoms with Crippen LogP contribution in [0, 0.1) is 20.8 Å². The molecule has 35 heavy (non-hydrogen) atoms. The van der Waals surface area contributed by atoms with E-state index in [1.807, 2.05) is 49.6 Å². The highest BCUT2D eigenvalue weighted by Gasteiger charge is 2.18. The zero-order chi connectivity index (χ0) is 25.1. The third kappa shape index (κ3) is 5.57. The number of hydrogen-bond donors (Lipinski definition) is 1. The fraction of sp³-hybridized carbons (Fsp3) is 0.300. The maximum atomic E-state index is 11.8. The van der Waals surface area contributed by atoms with E-state index in [-0.39, 0.29) is 5.78 Å². The van der Waals surface area contributed by atoms with E-state index in [0.29, 0.717) is 5.82 Å². The Morgan fingerprint density at radius 3 is 2.43 bits per heavy atom. The minimum atomic E-state index is 0.119. The van der Waals surface area contributed by atoms with Crippen molar-refractivity contribution in [1.29, 1.82) is 0 Å². The molecule has 0 bridgehead atoms. The van der Waals surface area contributed by atoms with Gasteiger partial charge in [-0.3, -0.25) is 14.7 Å². The molecule has 0 saturated carbocycles. The molecule has 0 saturated heterocycles. The molecule has 0 spiro atoms. The SMILES string of the molecule is CC(=O)c1cc(C)c(C2=CCN(C/C(C)=C/c3c(-c4ccc(N)nc4)ccnc3C)CC2)c(C)c1. The monoisotopic (exact) mass is 466 g/mol. The summed E-state index contributed by atoms with van der Waals surface area (Å²) in [5, 5.41) is 0. The summed E-state index contributed by atoms with van der Waals surface area (Å²) in [5.74, 6) is 0.638. The number of carbonyl (C=O) groups excluding carboxylic acids is 1. The number of pyridine rings is 2. The lowest BCUT2D eigenvalue weighted by Gasteiger charge is -2.28. The van der Waals surface area contributed by atoms with Crippen LogP contribution in [0.2, 0.25) is 0 Å². The van der Waals surface area contributed by atoms with Crippen LogP contribution < -0.4 is 5.73 Å². The summed E-state index contributed by atoms with van der Waals surface area (Å²) in [6, 6.07) is 9.93. The first-order chi connectivity index (χ1) is 16.7. The van der Waals surface area contributed by atoms with Crippen LogP contribution in [0.4, 0.5) is 5.82 Å². The zero-order valence-electron chi connectivity index (χ0n) is 21.4. The predicted octanol–water partition coefficient (Wildman–Crippen LogP) is 6.05. The summed E-state index contributed by atoms with van der Waals surface area (Å²) in [6.07, 6.45) is 9.27. The molecule has 1 aliphatic rings. The van der Waals surface area contributed by atoms with Crippen molar-refractivity contribution in [3.05, 3.63) is 87.9 Å². The number of carbonyl (C=O) groups is 1. The van der Waals surface area contributed by atoms with Gasteiger partial charge in [0.1, 0.15) is 5.82 Å². The third-order valence-electron chi connectivity index (χ3n) is 6.70. The molecule has 4 rings (SSSR count). The fourth-order valence-corrected chi connectivity index (χ4v) is 4.98. The maximum Gasteiger partial charge on any atom is 0.159 e. The maximum absolute atomic E-state index is 11.8. The number of nitrogen functional groups attached to an aromatic ring is 1. The lowest BCUT2D eigenvalue weighted by Crippen LogP contribution is -2.30. The Labute approximate surface area is 208 Å². The molecule has 0 unspecified atom stereocenters. The fourth-order valence-electron chi connectivity index (χ4n) is 4.98. The van der Waals surface area contributed by atoms with Gasteiger partial charge >= 0.3 is 0 Å². The molecular formula is C30H34N4O. The van der Waals surface area contributed by atoms with Crippen LogP contribution in [0.5, 0.6) is 0 Å². The van der Waals surface area contributed by atoms with Crippen molar-refractivity contribution < 1.29 is 4.79 Å². The normalized spacial score (nSPS) is 14.7. The van der Waals surface area contributed by atoms with Gasteiger partial charge in [-0.2, -0.15) is 0 Å². The minimum Gasteiger partial charge on any atom is -0.384 e. The van der Waals surface area contributed by atoms with Crippen molar-refractivity contribution in [2.45, 2.75) is 41.0 Å². The Kier molecular flexibility index (Phi) is 7.27. The van der Waals surface area contributed by atoms with Crippen molar-refractivity contribution in [2.24, 2.45) is 0 Å². The summed E-state index contributed by atoms with van der Waals surface area (Å²) in [7, 11) is 0. The zero-order valence-corrected chi connectivity index (χ0v) is 21.4. The van der Waals surface area contributed by atoms with Crippen molar-refractivity contribution in [3.63, 3.8) is 0 Å². The predicted molar refractivity (Wildman–Crippen MR) is 145 cm³/mol. The Bertz CT molecular complexity index is 1300. The molecule has 2 aromatic heterocycles. The number of anilines is 1. The molecule has 1 aliphatic heterocycles. The Hall–Kier alpha value is -3.57. The number of nitrogens with zero attached hydrogens (tertiary/aromatic N) is 3. The molecule has 0 radical (unpaired) electrons.